The normalized spacial score (nSPS) is 11.1. The zero-order valence-electron chi connectivity index (χ0n) is 16.3. The maximum atomic E-state index is 13.2. The third-order valence-electron chi connectivity index (χ3n) is 4.54. The van der Waals surface area contributed by atoms with Gasteiger partial charge in [0.2, 0.25) is 0 Å². The van der Waals surface area contributed by atoms with Gasteiger partial charge >= 0.3 is 0 Å². The maximum absolute atomic E-state index is 13.2. The smallest absolute Gasteiger partial charge is 0.196 e. The summed E-state index contributed by atoms with van der Waals surface area (Å²) in [6, 6.07) is 22.1. The highest BCUT2D eigenvalue weighted by atomic mass is 35.5. The molecule has 1 heterocycles. The third-order valence-corrected chi connectivity index (χ3v) is 7.20. The van der Waals surface area contributed by atoms with E-state index in [9.17, 15) is 4.39 Å². The molecule has 0 aliphatic rings. The second-order valence-corrected chi connectivity index (χ2v) is 9.42. The first-order valence-corrected chi connectivity index (χ1v) is 12.4. The van der Waals surface area contributed by atoms with Gasteiger partial charge in [-0.3, -0.25) is 4.57 Å². The van der Waals surface area contributed by atoms with Crippen molar-refractivity contribution >= 4 is 46.7 Å². The van der Waals surface area contributed by atoms with Gasteiger partial charge in [-0.15, -0.1) is 22.0 Å². The summed E-state index contributed by atoms with van der Waals surface area (Å²) in [6.45, 7) is 0. The molecule has 158 valence electrons. The van der Waals surface area contributed by atoms with Gasteiger partial charge in [-0.2, -0.15) is 0 Å². The summed E-state index contributed by atoms with van der Waals surface area (Å²) in [5.74, 6) is 2.62. The molecule has 0 spiro atoms. The predicted octanol–water partition coefficient (Wildman–Crippen LogP) is 7.44. The molecular formula is C23H18Cl2FN3S2. The van der Waals surface area contributed by atoms with E-state index in [0.717, 1.165) is 27.8 Å². The minimum atomic E-state index is -0.237. The van der Waals surface area contributed by atoms with Gasteiger partial charge in [0, 0.05) is 27.2 Å². The lowest BCUT2D eigenvalue weighted by Gasteiger charge is -2.11. The maximum Gasteiger partial charge on any atom is 0.196 e. The van der Waals surface area contributed by atoms with Crippen LogP contribution in [0.3, 0.4) is 0 Å². The van der Waals surface area contributed by atoms with Crippen LogP contribution >= 0.6 is 46.7 Å². The molecule has 0 radical (unpaired) electrons. The van der Waals surface area contributed by atoms with E-state index in [1.807, 2.05) is 48.5 Å². The Morgan fingerprint density at radius 1 is 0.774 bits per heavy atom. The number of para-hydroxylation sites is 1. The fraction of sp³-hybridized carbons (Fsp3) is 0.130. The molecule has 0 aliphatic heterocycles. The molecule has 8 heteroatoms. The largest absolute Gasteiger partial charge is 0.273 e. The molecule has 0 bridgehead atoms. The minimum absolute atomic E-state index is 0.237. The average Bonchev–Trinajstić information content (AvgIpc) is 3.19. The van der Waals surface area contributed by atoms with Gasteiger partial charge < -0.3 is 0 Å². The molecule has 3 nitrogen and oxygen atoms in total. The summed E-state index contributed by atoms with van der Waals surface area (Å²) in [6.07, 6.45) is 0. The average molecular weight is 490 g/mol. The van der Waals surface area contributed by atoms with E-state index < -0.39 is 0 Å². The Labute approximate surface area is 199 Å². The Morgan fingerprint density at radius 2 is 1.48 bits per heavy atom. The molecule has 31 heavy (non-hydrogen) atoms. The summed E-state index contributed by atoms with van der Waals surface area (Å²) in [4.78, 5) is 0. The van der Waals surface area contributed by atoms with Crippen molar-refractivity contribution in [2.24, 2.45) is 0 Å². The molecule has 0 atom stereocenters. The van der Waals surface area contributed by atoms with Crippen molar-refractivity contribution in [3.8, 4) is 5.69 Å². The molecule has 0 fully saturated rings. The number of aromatic nitrogens is 3. The van der Waals surface area contributed by atoms with Gasteiger partial charge in [0.1, 0.15) is 11.6 Å². The fourth-order valence-corrected chi connectivity index (χ4v) is 5.57. The number of hydrogen-bond donors (Lipinski definition) is 0. The van der Waals surface area contributed by atoms with E-state index in [2.05, 4.69) is 14.8 Å². The topological polar surface area (TPSA) is 30.7 Å². The van der Waals surface area contributed by atoms with Crippen LogP contribution in [-0.4, -0.2) is 14.8 Å². The molecule has 0 saturated carbocycles. The lowest BCUT2D eigenvalue weighted by atomic mass is 10.2. The molecule has 0 amide bonds. The number of rotatable bonds is 8. The molecule has 0 saturated heterocycles. The van der Waals surface area contributed by atoms with Crippen molar-refractivity contribution in [1.82, 2.24) is 14.8 Å². The van der Waals surface area contributed by atoms with Crippen molar-refractivity contribution in [3.05, 3.63) is 106 Å². The van der Waals surface area contributed by atoms with E-state index in [0.29, 0.717) is 27.3 Å². The highest BCUT2D eigenvalue weighted by Crippen LogP contribution is 2.31. The van der Waals surface area contributed by atoms with Crippen LogP contribution in [0, 0.1) is 5.82 Å². The van der Waals surface area contributed by atoms with Crippen LogP contribution in [0.2, 0.25) is 10.0 Å². The van der Waals surface area contributed by atoms with Crippen LogP contribution in [0.15, 0.2) is 78.0 Å². The van der Waals surface area contributed by atoms with E-state index >= 15 is 0 Å². The highest BCUT2D eigenvalue weighted by Gasteiger charge is 2.15. The van der Waals surface area contributed by atoms with Crippen molar-refractivity contribution in [2.45, 2.75) is 22.4 Å². The van der Waals surface area contributed by atoms with Crippen LogP contribution in [0.25, 0.3) is 5.69 Å². The van der Waals surface area contributed by atoms with E-state index in [-0.39, 0.29) is 5.82 Å². The lowest BCUT2D eigenvalue weighted by Crippen LogP contribution is -2.02. The molecule has 4 aromatic rings. The zero-order valence-corrected chi connectivity index (χ0v) is 19.5. The summed E-state index contributed by atoms with van der Waals surface area (Å²) in [7, 11) is 0. The molecule has 3 aromatic carbocycles. The third kappa shape index (κ3) is 5.63. The van der Waals surface area contributed by atoms with Gasteiger partial charge in [0.25, 0.3) is 0 Å². The summed E-state index contributed by atoms with van der Waals surface area (Å²) in [5.41, 5.74) is 2.95. The quantitative estimate of drug-likeness (QED) is 0.240. The number of benzene rings is 3. The highest BCUT2D eigenvalue weighted by molar-refractivity contribution is 7.98. The summed E-state index contributed by atoms with van der Waals surface area (Å²) in [5, 5.41) is 11.0. The first-order valence-electron chi connectivity index (χ1n) is 9.49. The second-order valence-electron chi connectivity index (χ2n) is 6.68. The standard InChI is InChI=1S/C23H18Cl2FN3S2/c24-20-7-4-8-21(25)19(20)14-30-15-22-27-28-23(29(22)18-5-2-1-3-6-18)31-13-16-9-11-17(26)12-10-16/h1-12H,13-15H2. The van der Waals surface area contributed by atoms with Gasteiger partial charge in [0.15, 0.2) is 5.16 Å². The van der Waals surface area contributed by atoms with E-state index in [1.165, 1.54) is 12.1 Å². The zero-order chi connectivity index (χ0) is 21.6. The second kappa shape index (κ2) is 10.6. The van der Waals surface area contributed by atoms with E-state index in [4.69, 9.17) is 23.2 Å². The molecule has 0 N–H and O–H groups in total. The Kier molecular flexibility index (Phi) is 7.56. The van der Waals surface area contributed by atoms with Crippen molar-refractivity contribution in [1.29, 1.82) is 0 Å². The van der Waals surface area contributed by atoms with Crippen molar-refractivity contribution in [2.75, 3.05) is 0 Å². The summed E-state index contributed by atoms with van der Waals surface area (Å²) < 4.78 is 15.2. The Balaban J connectivity index is 1.52. The Morgan fingerprint density at radius 3 is 2.19 bits per heavy atom. The number of thioether (sulfide) groups is 2. The van der Waals surface area contributed by atoms with Crippen LogP contribution in [-0.2, 0) is 17.3 Å². The first kappa shape index (κ1) is 22.2. The molecule has 0 aliphatic carbocycles. The van der Waals surface area contributed by atoms with Crippen molar-refractivity contribution < 1.29 is 4.39 Å². The molecule has 1 aromatic heterocycles. The van der Waals surface area contributed by atoms with Gasteiger partial charge in [-0.25, -0.2) is 4.39 Å². The number of nitrogens with zero attached hydrogens (tertiary/aromatic N) is 3. The number of hydrogen-bond acceptors (Lipinski definition) is 4. The summed E-state index contributed by atoms with van der Waals surface area (Å²) >= 11 is 15.8. The van der Waals surface area contributed by atoms with Gasteiger partial charge in [-0.05, 0) is 47.5 Å². The van der Waals surface area contributed by atoms with Gasteiger partial charge in [0.05, 0.1) is 5.75 Å². The first-order chi connectivity index (χ1) is 15.1. The van der Waals surface area contributed by atoms with E-state index in [1.54, 1.807) is 35.7 Å². The molecular weight excluding hydrogens is 472 g/mol. The Bertz CT molecular complexity index is 1130. The van der Waals surface area contributed by atoms with Crippen molar-refractivity contribution in [3.63, 3.8) is 0 Å². The van der Waals surface area contributed by atoms with Crippen LogP contribution in [0.5, 0.6) is 0 Å². The molecule has 4 rings (SSSR count). The van der Waals surface area contributed by atoms with Crippen LogP contribution in [0.1, 0.15) is 17.0 Å². The minimum Gasteiger partial charge on any atom is -0.273 e. The number of halogens is 3. The predicted molar refractivity (Wildman–Crippen MR) is 129 cm³/mol. The van der Waals surface area contributed by atoms with Crippen LogP contribution < -0.4 is 0 Å². The monoisotopic (exact) mass is 489 g/mol. The SMILES string of the molecule is Fc1ccc(CSc2nnc(CSCc3c(Cl)cccc3Cl)n2-c2ccccc2)cc1. The van der Waals surface area contributed by atoms with Gasteiger partial charge in [-0.1, -0.05) is 71.4 Å². The lowest BCUT2D eigenvalue weighted by molar-refractivity contribution is 0.627. The fourth-order valence-electron chi connectivity index (χ4n) is 2.97. The Hall–Kier alpha value is -1.99. The molecule has 0 unspecified atom stereocenters. The van der Waals surface area contributed by atoms with Crippen LogP contribution in [0.4, 0.5) is 4.39 Å².